The Morgan fingerprint density at radius 3 is 2.74 bits per heavy atom. The zero-order valence-corrected chi connectivity index (χ0v) is 14.1. The summed E-state index contributed by atoms with van der Waals surface area (Å²) in [5.41, 5.74) is 1.27. The third-order valence-corrected chi connectivity index (χ3v) is 4.82. The summed E-state index contributed by atoms with van der Waals surface area (Å²) in [4.78, 5) is 15.9. The summed E-state index contributed by atoms with van der Waals surface area (Å²) in [7, 11) is 0. The quantitative estimate of drug-likeness (QED) is 0.883. The van der Waals surface area contributed by atoms with Gasteiger partial charge in [0.25, 0.3) is 0 Å². The molecule has 5 nitrogen and oxygen atoms in total. The molecule has 0 radical (unpaired) electrons. The Labute approximate surface area is 138 Å². The fourth-order valence-electron chi connectivity index (χ4n) is 3.43. The number of nitrogens with zero attached hydrogens (tertiary/aromatic N) is 1. The van der Waals surface area contributed by atoms with Gasteiger partial charge in [-0.25, -0.2) is 0 Å². The van der Waals surface area contributed by atoms with E-state index < -0.39 is 0 Å². The molecule has 126 valence electrons. The predicted molar refractivity (Wildman–Crippen MR) is 87.6 cm³/mol. The van der Waals surface area contributed by atoms with E-state index in [0.717, 1.165) is 57.1 Å². The lowest BCUT2D eigenvalue weighted by molar-refractivity contribution is -0.917. The molecule has 1 saturated heterocycles. The maximum atomic E-state index is 12.4. The van der Waals surface area contributed by atoms with Crippen LogP contribution in [-0.2, 0) is 11.3 Å². The molecule has 0 spiro atoms. The maximum Gasteiger partial charge on any atom is 0.231 e. The molecule has 0 bridgehead atoms. The number of nitrogens with one attached hydrogen (secondary N) is 1. The van der Waals surface area contributed by atoms with Gasteiger partial charge in [0.2, 0.25) is 12.7 Å². The first kappa shape index (κ1) is 16.1. The SMILES string of the molecule is CCC[C@H](C)C(=O)N1CC[NH+](Cc2ccc3c(c2)OCO3)CC1. The molecule has 2 heterocycles. The van der Waals surface area contributed by atoms with Crippen molar-refractivity contribution in [2.45, 2.75) is 33.2 Å². The van der Waals surface area contributed by atoms with Gasteiger partial charge in [-0.15, -0.1) is 0 Å². The molecule has 1 atom stereocenters. The third-order valence-electron chi connectivity index (χ3n) is 4.82. The average molecular weight is 319 g/mol. The number of ether oxygens (including phenoxy) is 2. The van der Waals surface area contributed by atoms with E-state index in [9.17, 15) is 4.79 Å². The van der Waals surface area contributed by atoms with Crippen molar-refractivity contribution in [3.8, 4) is 11.5 Å². The number of carbonyl (C=O) groups is 1. The van der Waals surface area contributed by atoms with E-state index in [4.69, 9.17) is 9.47 Å². The molecule has 1 aromatic carbocycles. The van der Waals surface area contributed by atoms with Crippen molar-refractivity contribution in [1.29, 1.82) is 0 Å². The highest BCUT2D eigenvalue weighted by Crippen LogP contribution is 2.32. The van der Waals surface area contributed by atoms with Crippen molar-refractivity contribution in [2.75, 3.05) is 33.0 Å². The summed E-state index contributed by atoms with van der Waals surface area (Å²) < 4.78 is 10.8. The Morgan fingerprint density at radius 2 is 2.00 bits per heavy atom. The van der Waals surface area contributed by atoms with Gasteiger partial charge in [-0.3, -0.25) is 4.79 Å². The molecule has 23 heavy (non-hydrogen) atoms. The average Bonchev–Trinajstić information content (AvgIpc) is 3.03. The number of carbonyl (C=O) groups excluding carboxylic acids is 1. The third kappa shape index (κ3) is 3.78. The summed E-state index contributed by atoms with van der Waals surface area (Å²) >= 11 is 0. The van der Waals surface area contributed by atoms with Gasteiger partial charge < -0.3 is 19.3 Å². The van der Waals surface area contributed by atoms with E-state index in [-0.39, 0.29) is 5.92 Å². The van der Waals surface area contributed by atoms with Crippen molar-refractivity contribution in [3.63, 3.8) is 0 Å². The van der Waals surface area contributed by atoms with Gasteiger partial charge in [-0.1, -0.05) is 20.3 Å². The van der Waals surface area contributed by atoms with E-state index in [1.54, 1.807) is 0 Å². The highest BCUT2D eigenvalue weighted by atomic mass is 16.7. The summed E-state index contributed by atoms with van der Waals surface area (Å²) in [5, 5.41) is 0. The Hall–Kier alpha value is -1.75. The number of hydrogen-bond donors (Lipinski definition) is 1. The topological polar surface area (TPSA) is 43.2 Å². The molecule has 0 unspecified atom stereocenters. The summed E-state index contributed by atoms with van der Waals surface area (Å²) in [6.45, 7) is 9.25. The minimum Gasteiger partial charge on any atom is -0.454 e. The number of benzene rings is 1. The van der Waals surface area contributed by atoms with Gasteiger partial charge in [-0.2, -0.15) is 0 Å². The minimum absolute atomic E-state index is 0.162. The Kier molecular flexibility index (Phi) is 5.06. The molecule has 0 saturated carbocycles. The van der Waals surface area contributed by atoms with Crippen LogP contribution in [0.15, 0.2) is 18.2 Å². The van der Waals surface area contributed by atoms with Crippen LogP contribution in [0.4, 0.5) is 0 Å². The van der Waals surface area contributed by atoms with Crippen LogP contribution in [0.25, 0.3) is 0 Å². The molecular formula is C18H27N2O3+. The fraction of sp³-hybridized carbons (Fsp3) is 0.611. The van der Waals surface area contributed by atoms with Gasteiger partial charge in [-0.05, 0) is 24.6 Å². The molecule has 1 amide bonds. The van der Waals surface area contributed by atoms with Crippen molar-refractivity contribution in [3.05, 3.63) is 23.8 Å². The molecule has 1 fully saturated rings. The number of fused-ring (bicyclic) bond motifs is 1. The highest BCUT2D eigenvalue weighted by molar-refractivity contribution is 5.78. The van der Waals surface area contributed by atoms with E-state index in [1.807, 2.05) is 11.0 Å². The van der Waals surface area contributed by atoms with Crippen LogP contribution >= 0.6 is 0 Å². The van der Waals surface area contributed by atoms with Gasteiger partial charge in [0.05, 0.1) is 26.2 Å². The monoisotopic (exact) mass is 319 g/mol. The lowest BCUT2D eigenvalue weighted by atomic mass is 10.0. The molecule has 0 aliphatic carbocycles. The zero-order valence-electron chi connectivity index (χ0n) is 14.1. The summed E-state index contributed by atoms with van der Waals surface area (Å²) in [5.74, 6) is 2.18. The van der Waals surface area contributed by atoms with Crippen molar-refractivity contribution < 1.29 is 19.2 Å². The molecular weight excluding hydrogens is 292 g/mol. The van der Waals surface area contributed by atoms with Crippen molar-refractivity contribution in [1.82, 2.24) is 4.90 Å². The van der Waals surface area contributed by atoms with Crippen LogP contribution in [0.2, 0.25) is 0 Å². The Bertz CT molecular complexity index is 553. The summed E-state index contributed by atoms with van der Waals surface area (Å²) in [6, 6.07) is 6.18. The van der Waals surface area contributed by atoms with E-state index >= 15 is 0 Å². The maximum absolute atomic E-state index is 12.4. The first-order chi connectivity index (χ1) is 11.2. The first-order valence-corrected chi connectivity index (χ1v) is 8.68. The lowest BCUT2D eigenvalue weighted by Gasteiger charge is -2.33. The number of piperazine rings is 1. The van der Waals surface area contributed by atoms with E-state index in [2.05, 4.69) is 26.0 Å². The molecule has 0 aromatic heterocycles. The minimum atomic E-state index is 0.162. The molecule has 1 N–H and O–H groups in total. The van der Waals surface area contributed by atoms with Crippen LogP contribution in [0.5, 0.6) is 11.5 Å². The van der Waals surface area contributed by atoms with E-state index in [1.165, 1.54) is 10.5 Å². The van der Waals surface area contributed by atoms with E-state index in [0.29, 0.717) is 12.7 Å². The molecule has 1 aromatic rings. The van der Waals surface area contributed by atoms with Crippen LogP contribution in [0.1, 0.15) is 32.3 Å². The standard InChI is InChI=1S/C18H26N2O3/c1-3-4-14(2)18(21)20-9-7-19(8-10-20)12-15-5-6-16-17(11-15)23-13-22-16/h5-6,11,14H,3-4,7-10,12-13H2,1-2H3/p+1/t14-/m0/s1. The van der Waals surface area contributed by atoms with Gasteiger partial charge in [0.15, 0.2) is 11.5 Å². The van der Waals surface area contributed by atoms with Crippen molar-refractivity contribution in [2.24, 2.45) is 5.92 Å². The summed E-state index contributed by atoms with van der Waals surface area (Å²) in [6.07, 6.45) is 2.06. The molecule has 3 rings (SSSR count). The first-order valence-electron chi connectivity index (χ1n) is 8.68. The second-order valence-electron chi connectivity index (χ2n) is 6.63. The van der Waals surface area contributed by atoms with Crippen LogP contribution in [0, 0.1) is 5.92 Å². The van der Waals surface area contributed by atoms with Crippen molar-refractivity contribution >= 4 is 5.91 Å². The molecule has 2 aliphatic heterocycles. The number of amides is 1. The van der Waals surface area contributed by atoms with Gasteiger partial charge in [0, 0.05) is 11.5 Å². The second-order valence-corrected chi connectivity index (χ2v) is 6.63. The van der Waals surface area contributed by atoms with Crippen LogP contribution < -0.4 is 14.4 Å². The number of hydrogen-bond acceptors (Lipinski definition) is 3. The zero-order chi connectivity index (χ0) is 16.2. The van der Waals surface area contributed by atoms with Gasteiger partial charge >= 0.3 is 0 Å². The second kappa shape index (κ2) is 7.21. The van der Waals surface area contributed by atoms with Gasteiger partial charge in [0.1, 0.15) is 6.54 Å². The Morgan fingerprint density at radius 1 is 1.26 bits per heavy atom. The highest BCUT2D eigenvalue weighted by Gasteiger charge is 2.26. The lowest BCUT2D eigenvalue weighted by Crippen LogP contribution is -3.13. The van der Waals surface area contributed by atoms with Crippen LogP contribution in [0.3, 0.4) is 0 Å². The number of rotatable bonds is 5. The molecule has 2 aliphatic rings. The molecule has 5 heteroatoms. The predicted octanol–water partition coefficient (Wildman–Crippen LogP) is 1.08. The fourth-order valence-corrected chi connectivity index (χ4v) is 3.43. The van der Waals surface area contributed by atoms with Crippen LogP contribution in [-0.4, -0.2) is 43.8 Å². The normalized spacial score (nSPS) is 19.0. The Balaban J connectivity index is 1.50. The largest absolute Gasteiger partial charge is 0.454 e. The smallest absolute Gasteiger partial charge is 0.231 e. The number of quaternary nitrogens is 1.